The van der Waals surface area contributed by atoms with E-state index in [2.05, 4.69) is 55.4 Å². The molecule has 0 saturated carbocycles. The summed E-state index contributed by atoms with van der Waals surface area (Å²) in [4.78, 5) is 0. The largest absolute Gasteiger partial charge is 0.151 e. The Balaban J connectivity index is 2.15. The van der Waals surface area contributed by atoms with Gasteiger partial charge in [-0.25, -0.2) is 0 Å². The summed E-state index contributed by atoms with van der Waals surface area (Å²) in [7, 11) is 0. The lowest BCUT2D eigenvalue weighted by Gasteiger charge is -1.94. The van der Waals surface area contributed by atoms with Crippen molar-refractivity contribution in [2.75, 3.05) is 0 Å². The van der Waals surface area contributed by atoms with E-state index in [9.17, 15) is 0 Å². The van der Waals surface area contributed by atoms with Crippen LogP contribution >= 0.6 is 45.2 Å². The van der Waals surface area contributed by atoms with E-state index in [-0.39, 0.29) is 0 Å². The highest BCUT2D eigenvalue weighted by Gasteiger charge is 1.91. The maximum atomic E-state index is 4.17. The molecule has 4 heteroatoms. The van der Waals surface area contributed by atoms with Crippen LogP contribution in [0.2, 0.25) is 0 Å². The molecule has 0 amide bonds. The molecule has 0 aliphatic rings. The molecule has 0 spiro atoms. The van der Waals surface area contributed by atoms with Gasteiger partial charge in [0.15, 0.2) is 0 Å². The molecule has 0 fully saturated rings. The molecular formula is C12H8I2N2. The lowest BCUT2D eigenvalue weighted by atomic mass is 10.3. The topological polar surface area (TPSA) is 24.7 Å². The average molecular weight is 434 g/mol. The summed E-state index contributed by atoms with van der Waals surface area (Å²) >= 11 is 4.53. The first-order chi connectivity index (χ1) is 7.74. The van der Waals surface area contributed by atoms with Crippen LogP contribution in [-0.4, -0.2) is 0 Å². The Labute approximate surface area is 121 Å². The van der Waals surface area contributed by atoms with Crippen molar-refractivity contribution in [3.8, 4) is 0 Å². The zero-order valence-electron chi connectivity index (χ0n) is 8.27. The number of hydrogen-bond donors (Lipinski definition) is 0. The van der Waals surface area contributed by atoms with Gasteiger partial charge >= 0.3 is 0 Å². The number of rotatable bonds is 2. The van der Waals surface area contributed by atoms with Crippen LogP contribution in [-0.2, 0) is 0 Å². The molecule has 0 bridgehead atoms. The molecule has 0 atom stereocenters. The molecule has 0 unspecified atom stereocenters. The second kappa shape index (κ2) is 5.72. The minimum atomic E-state index is 0.874. The molecule has 0 aliphatic heterocycles. The van der Waals surface area contributed by atoms with E-state index in [0.717, 1.165) is 11.4 Å². The van der Waals surface area contributed by atoms with Crippen molar-refractivity contribution in [1.29, 1.82) is 0 Å². The second-order valence-corrected chi connectivity index (χ2v) is 5.64. The van der Waals surface area contributed by atoms with E-state index in [0.29, 0.717) is 0 Å². The zero-order valence-corrected chi connectivity index (χ0v) is 12.6. The first-order valence-corrected chi connectivity index (χ1v) is 6.83. The van der Waals surface area contributed by atoms with Gasteiger partial charge in [-0.05, 0) is 93.7 Å². The van der Waals surface area contributed by atoms with Crippen LogP contribution in [0.1, 0.15) is 0 Å². The van der Waals surface area contributed by atoms with Crippen LogP contribution in [0.4, 0.5) is 11.4 Å². The number of nitrogens with zero attached hydrogens (tertiary/aromatic N) is 2. The summed E-state index contributed by atoms with van der Waals surface area (Å²) in [5.74, 6) is 0. The maximum Gasteiger partial charge on any atom is 0.0857 e. The van der Waals surface area contributed by atoms with Crippen molar-refractivity contribution in [2.45, 2.75) is 0 Å². The van der Waals surface area contributed by atoms with Crippen LogP contribution in [0.25, 0.3) is 0 Å². The molecule has 80 valence electrons. The fraction of sp³-hybridized carbons (Fsp3) is 0. The number of hydrogen-bond acceptors (Lipinski definition) is 2. The molecular weight excluding hydrogens is 426 g/mol. The summed E-state index contributed by atoms with van der Waals surface area (Å²) in [6.45, 7) is 0. The first-order valence-electron chi connectivity index (χ1n) is 4.67. The molecule has 0 heterocycles. The maximum absolute atomic E-state index is 4.17. The van der Waals surface area contributed by atoms with Gasteiger partial charge in [0.25, 0.3) is 0 Å². The van der Waals surface area contributed by atoms with Gasteiger partial charge in [0.2, 0.25) is 0 Å². The smallest absolute Gasteiger partial charge is 0.0857 e. The molecule has 0 radical (unpaired) electrons. The predicted octanol–water partition coefficient (Wildman–Crippen LogP) is 5.31. The van der Waals surface area contributed by atoms with Crippen molar-refractivity contribution in [1.82, 2.24) is 0 Å². The van der Waals surface area contributed by atoms with Crippen molar-refractivity contribution in [3.05, 3.63) is 55.7 Å². The molecule has 2 aromatic rings. The van der Waals surface area contributed by atoms with E-state index in [4.69, 9.17) is 0 Å². The molecule has 0 N–H and O–H groups in total. The average Bonchev–Trinajstić information content (AvgIpc) is 2.30. The van der Waals surface area contributed by atoms with E-state index < -0.39 is 0 Å². The molecule has 0 aromatic heterocycles. The quantitative estimate of drug-likeness (QED) is 0.453. The lowest BCUT2D eigenvalue weighted by Crippen LogP contribution is -1.69. The summed E-state index contributed by atoms with van der Waals surface area (Å²) in [6.07, 6.45) is 0. The van der Waals surface area contributed by atoms with Gasteiger partial charge in [0, 0.05) is 7.14 Å². The van der Waals surface area contributed by atoms with Crippen molar-refractivity contribution in [2.24, 2.45) is 10.2 Å². The molecule has 2 aromatic carbocycles. The van der Waals surface area contributed by atoms with Gasteiger partial charge in [0.05, 0.1) is 11.4 Å². The molecule has 0 saturated heterocycles. The Bertz CT molecular complexity index is 442. The predicted molar refractivity (Wildman–Crippen MR) is 82.5 cm³/mol. The third-order valence-electron chi connectivity index (χ3n) is 1.93. The Hall–Kier alpha value is -0.500. The fourth-order valence-corrected chi connectivity index (χ4v) is 1.85. The number of halogens is 2. The minimum absolute atomic E-state index is 0.874. The lowest BCUT2D eigenvalue weighted by molar-refractivity contribution is 1.23. The Morgan fingerprint density at radius 2 is 0.875 bits per heavy atom. The van der Waals surface area contributed by atoms with Gasteiger partial charge in [-0.15, -0.1) is 0 Å². The normalized spacial score (nSPS) is 10.9. The molecule has 16 heavy (non-hydrogen) atoms. The van der Waals surface area contributed by atoms with Gasteiger partial charge in [-0.1, -0.05) is 0 Å². The van der Waals surface area contributed by atoms with E-state index in [1.807, 2.05) is 48.5 Å². The summed E-state index contributed by atoms with van der Waals surface area (Å²) in [5, 5.41) is 8.33. The van der Waals surface area contributed by atoms with Gasteiger partial charge < -0.3 is 0 Å². The summed E-state index contributed by atoms with van der Waals surface area (Å²) in [6, 6.07) is 15.9. The van der Waals surface area contributed by atoms with Crippen molar-refractivity contribution in [3.63, 3.8) is 0 Å². The highest BCUT2D eigenvalue weighted by Crippen LogP contribution is 2.19. The first kappa shape index (κ1) is 12.0. The third-order valence-corrected chi connectivity index (χ3v) is 3.37. The van der Waals surface area contributed by atoms with Gasteiger partial charge in [-0.2, -0.15) is 10.2 Å². The van der Waals surface area contributed by atoms with Crippen LogP contribution in [0.3, 0.4) is 0 Å². The molecule has 2 rings (SSSR count). The molecule has 2 nitrogen and oxygen atoms in total. The van der Waals surface area contributed by atoms with Crippen LogP contribution in [0, 0.1) is 7.14 Å². The third kappa shape index (κ3) is 3.51. The Morgan fingerprint density at radius 1 is 0.562 bits per heavy atom. The zero-order chi connectivity index (χ0) is 11.4. The highest BCUT2D eigenvalue weighted by molar-refractivity contribution is 14.1. The van der Waals surface area contributed by atoms with Crippen LogP contribution in [0.5, 0.6) is 0 Å². The van der Waals surface area contributed by atoms with E-state index in [1.54, 1.807) is 0 Å². The van der Waals surface area contributed by atoms with Crippen molar-refractivity contribution < 1.29 is 0 Å². The van der Waals surface area contributed by atoms with Crippen molar-refractivity contribution >= 4 is 56.6 Å². The van der Waals surface area contributed by atoms with E-state index >= 15 is 0 Å². The second-order valence-electron chi connectivity index (χ2n) is 3.15. The van der Waals surface area contributed by atoms with Gasteiger partial charge in [-0.3, -0.25) is 0 Å². The van der Waals surface area contributed by atoms with E-state index in [1.165, 1.54) is 7.14 Å². The monoisotopic (exact) mass is 434 g/mol. The summed E-state index contributed by atoms with van der Waals surface area (Å²) in [5.41, 5.74) is 1.75. The minimum Gasteiger partial charge on any atom is -0.151 e. The number of azo groups is 1. The number of benzene rings is 2. The Morgan fingerprint density at radius 3 is 1.19 bits per heavy atom. The standard InChI is InChI=1S/C12H8I2N2/c13-9-1-5-11(6-2-9)15-16-12-7-3-10(14)4-8-12/h1-8H. The summed E-state index contributed by atoms with van der Waals surface area (Å²) < 4.78 is 2.40. The highest BCUT2D eigenvalue weighted by atomic mass is 127. The SMILES string of the molecule is Ic1ccc(N=Nc2ccc(I)cc2)cc1. The van der Waals surface area contributed by atoms with Crippen LogP contribution in [0.15, 0.2) is 58.8 Å². The Kier molecular flexibility index (Phi) is 4.28. The van der Waals surface area contributed by atoms with Gasteiger partial charge in [0.1, 0.15) is 0 Å². The molecule has 0 aliphatic carbocycles. The van der Waals surface area contributed by atoms with Crippen LogP contribution < -0.4 is 0 Å². The fourth-order valence-electron chi connectivity index (χ4n) is 1.13.